The molecule has 0 aromatic heterocycles. The minimum absolute atomic E-state index is 0.00621. The van der Waals surface area contributed by atoms with Gasteiger partial charge in [-0.25, -0.2) is 0 Å². The summed E-state index contributed by atoms with van der Waals surface area (Å²) >= 11 is 6.13. The molecule has 1 atom stereocenters. The summed E-state index contributed by atoms with van der Waals surface area (Å²) in [6.07, 6.45) is 3.34. The maximum Gasteiger partial charge on any atom is 0.255 e. The van der Waals surface area contributed by atoms with Crippen molar-refractivity contribution >= 4 is 23.2 Å². The first-order valence-electron chi connectivity index (χ1n) is 7.33. The summed E-state index contributed by atoms with van der Waals surface area (Å²) in [7, 11) is 0. The molecule has 1 aromatic rings. The van der Waals surface area contributed by atoms with E-state index in [1.165, 1.54) is 6.42 Å². The van der Waals surface area contributed by atoms with E-state index in [-0.39, 0.29) is 5.91 Å². The second-order valence-corrected chi connectivity index (χ2v) is 6.37. The maximum atomic E-state index is 12.6. The van der Waals surface area contributed by atoms with Crippen LogP contribution in [0.25, 0.3) is 0 Å². The third kappa shape index (κ3) is 3.45. The van der Waals surface area contributed by atoms with E-state index in [1.54, 1.807) is 18.2 Å². The number of anilines is 1. The van der Waals surface area contributed by atoms with Gasteiger partial charge in [-0.15, -0.1) is 0 Å². The van der Waals surface area contributed by atoms with Crippen molar-refractivity contribution in [3.05, 3.63) is 28.8 Å². The van der Waals surface area contributed by atoms with E-state index in [2.05, 4.69) is 13.8 Å². The van der Waals surface area contributed by atoms with Gasteiger partial charge in [-0.05, 0) is 49.3 Å². The summed E-state index contributed by atoms with van der Waals surface area (Å²) in [5, 5.41) is 0.480. The van der Waals surface area contributed by atoms with Gasteiger partial charge in [0.15, 0.2) is 0 Å². The van der Waals surface area contributed by atoms with E-state index in [1.807, 2.05) is 4.90 Å². The Hall–Kier alpha value is -1.22. The molecule has 3 nitrogen and oxygen atoms in total. The minimum Gasteiger partial charge on any atom is -0.399 e. The van der Waals surface area contributed by atoms with Gasteiger partial charge < -0.3 is 10.6 Å². The quantitative estimate of drug-likeness (QED) is 0.843. The predicted molar refractivity (Wildman–Crippen MR) is 83.9 cm³/mol. The maximum absolute atomic E-state index is 12.6. The van der Waals surface area contributed by atoms with Crippen molar-refractivity contribution in [3.63, 3.8) is 0 Å². The summed E-state index contributed by atoms with van der Waals surface area (Å²) in [6, 6.07) is 5.09. The Balaban J connectivity index is 2.11. The largest absolute Gasteiger partial charge is 0.399 e. The zero-order chi connectivity index (χ0) is 14.7. The number of rotatable bonds is 2. The highest BCUT2D eigenvalue weighted by molar-refractivity contribution is 6.34. The van der Waals surface area contributed by atoms with E-state index in [9.17, 15) is 4.79 Å². The van der Waals surface area contributed by atoms with Crippen molar-refractivity contribution < 1.29 is 4.79 Å². The highest BCUT2D eigenvalue weighted by Gasteiger charge is 2.24. The number of amides is 1. The Labute approximate surface area is 126 Å². The first-order valence-corrected chi connectivity index (χ1v) is 7.71. The number of nitrogens with two attached hydrogens (primary N) is 1. The molecule has 1 unspecified atom stereocenters. The Bertz CT molecular complexity index is 487. The standard InChI is InChI=1S/C16H23ClN2O/c1-11(2)12-4-3-8-19(9-7-12)16(20)14-10-13(18)5-6-15(14)17/h5-6,10-12H,3-4,7-9,18H2,1-2H3. The Morgan fingerprint density at radius 1 is 1.35 bits per heavy atom. The summed E-state index contributed by atoms with van der Waals surface area (Å²) in [4.78, 5) is 14.5. The van der Waals surface area contributed by atoms with E-state index in [4.69, 9.17) is 17.3 Å². The van der Waals surface area contributed by atoms with Crippen molar-refractivity contribution in [2.75, 3.05) is 18.8 Å². The summed E-state index contributed by atoms with van der Waals surface area (Å²) < 4.78 is 0. The van der Waals surface area contributed by atoms with Crippen LogP contribution in [0.4, 0.5) is 5.69 Å². The Kier molecular flexibility index (Phi) is 4.92. The van der Waals surface area contributed by atoms with Crippen LogP contribution in [0.15, 0.2) is 18.2 Å². The van der Waals surface area contributed by atoms with Gasteiger partial charge in [0.25, 0.3) is 5.91 Å². The van der Waals surface area contributed by atoms with Crippen molar-refractivity contribution in [3.8, 4) is 0 Å². The smallest absolute Gasteiger partial charge is 0.255 e. The van der Waals surface area contributed by atoms with E-state index in [0.717, 1.165) is 25.9 Å². The number of carbonyl (C=O) groups excluding carboxylic acids is 1. The number of nitrogens with zero attached hydrogens (tertiary/aromatic N) is 1. The highest BCUT2D eigenvalue weighted by Crippen LogP contribution is 2.27. The van der Waals surface area contributed by atoms with Gasteiger partial charge in [0.05, 0.1) is 10.6 Å². The minimum atomic E-state index is 0.00621. The second kappa shape index (κ2) is 6.49. The summed E-state index contributed by atoms with van der Waals surface area (Å²) in [5.41, 5.74) is 6.86. The van der Waals surface area contributed by atoms with Crippen molar-refractivity contribution in [2.24, 2.45) is 11.8 Å². The molecule has 2 rings (SSSR count). The van der Waals surface area contributed by atoms with Crippen LogP contribution in [0.1, 0.15) is 43.5 Å². The summed E-state index contributed by atoms with van der Waals surface area (Å²) in [6.45, 7) is 6.15. The number of likely N-dealkylation sites (tertiary alicyclic amines) is 1. The van der Waals surface area contributed by atoms with Gasteiger partial charge in [0.2, 0.25) is 0 Å². The fourth-order valence-corrected chi connectivity index (χ4v) is 3.07. The van der Waals surface area contributed by atoms with Gasteiger partial charge in [0.1, 0.15) is 0 Å². The number of nitrogen functional groups attached to an aromatic ring is 1. The fraction of sp³-hybridized carbons (Fsp3) is 0.562. The zero-order valence-electron chi connectivity index (χ0n) is 12.2. The van der Waals surface area contributed by atoms with Crippen LogP contribution in [0.2, 0.25) is 5.02 Å². The molecular weight excluding hydrogens is 272 g/mol. The van der Waals surface area contributed by atoms with Crippen LogP contribution in [0.3, 0.4) is 0 Å². The molecule has 20 heavy (non-hydrogen) atoms. The van der Waals surface area contributed by atoms with Crippen molar-refractivity contribution in [1.29, 1.82) is 0 Å². The lowest BCUT2D eigenvalue weighted by Gasteiger charge is -2.22. The molecule has 1 saturated heterocycles. The van der Waals surface area contributed by atoms with E-state index < -0.39 is 0 Å². The highest BCUT2D eigenvalue weighted by atomic mass is 35.5. The molecule has 0 spiro atoms. The SMILES string of the molecule is CC(C)C1CCCN(C(=O)c2cc(N)ccc2Cl)CC1. The molecular formula is C16H23ClN2O. The van der Waals surface area contributed by atoms with E-state index in [0.29, 0.717) is 28.1 Å². The topological polar surface area (TPSA) is 46.3 Å². The molecule has 1 heterocycles. The number of halogens is 1. The van der Waals surface area contributed by atoms with E-state index >= 15 is 0 Å². The average Bonchev–Trinajstić information content (AvgIpc) is 2.66. The fourth-order valence-electron chi connectivity index (χ4n) is 2.87. The molecule has 0 bridgehead atoms. The molecule has 1 aromatic carbocycles. The number of benzene rings is 1. The molecule has 0 aliphatic carbocycles. The van der Waals surface area contributed by atoms with Gasteiger partial charge in [-0.3, -0.25) is 4.79 Å². The van der Waals surface area contributed by atoms with Crippen LogP contribution >= 0.6 is 11.6 Å². The van der Waals surface area contributed by atoms with Gasteiger partial charge in [0, 0.05) is 18.8 Å². The third-order valence-corrected chi connectivity index (χ3v) is 4.55. The van der Waals surface area contributed by atoms with Crippen LogP contribution in [0, 0.1) is 11.8 Å². The van der Waals surface area contributed by atoms with Crippen molar-refractivity contribution in [2.45, 2.75) is 33.1 Å². The zero-order valence-corrected chi connectivity index (χ0v) is 13.0. The molecule has 2 N–H and O–H groups in total. The number of hydrogen-bond acceptors (Lipinski definition) is 2. The molecule has 110 valence electrons. The molecule has 1 aliphatic heterocycles. The predicted octanol–water partition coefficient (Wildman–Crippen LogP) is 3.82. The normalized spacial score (nSPS) is 20.0. The van der Waals surface area contributed by atoms with Gasteiger partial charge >= 0.3 is 0 Å². The summed E-state index contributed by atoms with van der Waals surface area (Å²) in [5.74, 6) is 1.40. The molecule has 0 radical (unpaired) electrons. The Morgan fingerprint density at radius 3 is 2.80 bits per heavy atom. The lowest BCUT2D eigenvalue weighted by atomic mass is 9.89. The third-order valence-electron chi connectivity index (χ3n) is 4.22. The second-order valence-electron chi connectivity index (χ2n) is 5.97. The van der Waals surface area contributed by atoms with Gasteiger partial charge in [-0.1, -0.05) is 25.4 Å². The van der Waals surface area contributed by atoms with Crippen LogP contribution in [-0.2, 0) is 0 Å². The molecule has 1 fully saturated rings. The van der Waals surface area contributed by atoms with Crippen LogP contribution < -0.4 is 5.73 Å². The lowest BCUT2D eigenvalue weighted by molar-refractivity contribution is 0.0759. The molecule has 1 aliphatic rings. The first-order chi connectivity index (χ1) is 9.49. The van der Waals surface area contributed by atoms with Crippen LogP contribution in [0.5, 0.6) is 0 Å². The first kappa shape index (κ1) is 15.2. The number of hydrogen-bond donors (Lipinski definition) is 1. The molecule has 1 amide bonds. The van der Waals surface area contributed by atoms with Crippen molar-refractivity contribution in [1.82, 2.24) is 4.90 Å². The Morgan fingerprint density at radius 2 is 2.10 bits per heavy atom. The monoisotopic (exact) mass is 294 g/mol. The van der Waals surface area contributed by atoms with Gasteiger partial charge in [-0.2, -0.15) is 0 Å². The average molecular weight is 295 g/mol. The lowest BCUT2D eigenvalue weighted by Crippen LogP contribution is -2.32. The van der Waals surface area contributed by atoms with Crippen LogP contribution in [-0.4, -0.2) is 23.9 Å². The molecule has 4 heteroatoms. The molecule has 0 saturated carbocycles. The number of carbonyl (C=O) groups is 1.